The number of carbonyl (C=O) groups excluding carboxylic acids is 2. The zero-order valence-corrected chi connectivity index (χ0v) is 17.5. The number of thiocarbonyl (C=S) groups is 1. The molecular formula is C16H18N4O4S3. The summed E-state index contributed by atoms with van der Waals surface area (Å²) in [6.07, 6.45) is 0. The van der Waals surface area contributed by atoms with Crippen molar-refractivity contribution in [1.29, 1.82) is 0 Å². The van der Waals surface area contributed by atoms with Gasteiger partial charge in [-0.25, -0.2) is 17.7 Å². The Morgan fingerprint density at radius 1 is 1.19 bits per heavy atom. The number of hydrogen-bond acceptors (Lipinski definition) is 7. The van der Waals surface area contributed by atoms with Crippen molar-refractivity contribution >= 4 is 55.5 Å². The van der Waals surface area contributed by atoms with E-state index in [9.17, 15) is 18.0 Å². The minimum atomic E-state index is -3.56. The van der Waals surface area contributed by atoms with Gasteiger partial charge in [0.15, 0.2) is 16.0 Å². The van der Waals surface area contributed by atoms with E-state index < -0.39 is 15.9 Å². The number of benzene rings is 1. The van der Waals surface area contributed by atoms with Gasteiger partial charge in [-0.2, -0.15) is 0 Å². The van der Waals surface area contributed by atoms with Gasteiger partial charge in [0, 0.05) is 26.6 Å². The summed E-state index contributed by atoms with van der Waals surface area (Å²) < 4.78 is 25.2. The number of rotatable bonds is 5. The summed E-state index contributed by atoms with van der Waals surface area (Å²) in [6.45, 7) is 3.16. The number of nitrogens with one attached hydrogen (secondary N) is 2. The Morgan fingerprint density at radius 2 is 1.78 bits per heavy atom. The van der Waals surface area contributed by atoms with Gasteiger partial charge in [-0.3, -0.25) is 14.9 Å². The molecule has 1 heterocycles. The molecule has 0 radical (unpaired) electrons. The summed E-state index contributed by atoms with van der Waals surface area (Å²) in [7, 11) is -0.706. The predicted octanol–water partition coefficient (Wildman–Crippen LogP) is 2.03. The molecular weight excluding hydrogens is 408 g/mol. The largest absolute Gasteiger partial charge is 0.308 e. The molecule has 0 unspecified atom stereocenters. The van der Waals surface area contributed by atoms with Gasteiger partial charge in [-0.15, -0.1) is 0 Å². The van der Waals surface area contributed by atoms with E-state index in [0.29, 0.717) is 15.7 Å². The lowest BCUT2D eigenvalue weighted by atomic mass is 10.2. The first-order valence-corrected chi connectivity index (χ1v) is 10.3. The second-order valence-electron chi connectivity index (χ2n) is 5.71. The standard InChI is InChI=1S/C16H18N4O4S3/c1-9-13(10(2)21)26-16(17-9)19-15(25)18-14(22)11-5-7-12(8-6-11)27(23,24)20(3)4/h5-8H,1-4H3,(H2,17,18,19,22,25). The smallest absolute Gasteiger partial charge is 0.257 e. The molecule has 0 bridgehead atoms. The van der Waals surface area contributed by atoms with Gasteiger partial charge in [0.2, 0.25) is 10.0 Å². The lowest BCUT2D eigenvalue weighted by molar-refractivity contribution is 0.0976. The van der Waals surface area contributed by atoms with Gasteiger partial charge in [0.25, 0.3) is 5.91 Å². The average molecular weight is 427 g/mol. The Labute approximate surface area is 166 Å². The Hall–Kier alpha value is -2.21. The number of sulfonamides is 1. The number of anilines is 1. The molecule has 0 atom stereocenters. The molecule has 1 aromatic carbocycles. The zero-order chi connectivity index (χ0) is 20.4. The summed E-state index contributed by atoms with van der Waals surface area (Å²) in [4.78, 5) is 28.5. The van der Waals surface area contributed by atoms with Gasteiger partial charge in [0.05, 0.1) is 15.5 Å². The molecule has 0 aliphatic carbocycles. The second-order valence-corrected chi connectivity index (χ2v) is 9.27. The predicted molar refractivity (Wildman–Crippen MR) is 108 cm³/mol. The Morgan fingerprint density at radius 3 is 2.26 bits per heavy atom. The third-order valence-electron chi connectivity index (χ3n) is 3.46. The van der Waals surface area contributed by atoms with Crippen LogP contribution in [-0.2, 0) is 10.0 Å². The molecule has 1 amide bonds. The van der Waals surface area contributed by atoms with Crippen molar-refractivity contribution in [3.05, 3.63) is 40.4 Å². The fraction of sp³-hybridized carbons (Fsp3) is 0.250. The highest BCUT2D eigenvalue weighted by Crippen LogP contribution is 2.22. The topological polar surface area (TPSA) is 108 Å². The second kappa shape index (κ2) is 8.21. The van der Waals surface area contributed by atoms with Crippen molar-refractivity contribution in [3.8, 4) is 0 Å². The van der Waals surface area contributed by atoms with Crippen LogP contribution in [0.2, 0.25) is 0 Å². The number of thiazole rings is 1. The van der Waals surface area contributed by atoms with Crippen LogP contribution in [0.1, 0.15) is 32.6 Å². The molecule has 144 valence electrons. The highest BCUT2D eigenvalue weighted by Gasteiger charge is 2.18. The summed E-state index contributed by atoms with van der Waals surface area (Å²) in [5, 5.41) is 5.67. The van der Waals surface area contributed by atoms with Gasteiger partial charge in [0.1, 0.15) is 0 Å². The van der Waals surface area contributed by atoms with Crippen molar-refractivity contribution in [2.45, 2.75) is 18.7 Å². The van der Waals surface area contributed by atoms with Crippen LogP contribution in [0, 0.1) is 6.92 Å². The summed E-state index contributed by atoms with van der Waals surface area (Å²) in [5.41, 5.74) is 0.832. The highest BCUT2D eigenvalue weighted by atomic mass is 32.2. The Bertz CT molecular complexity index is 995. The fourth-order valence-electron chi connectivity index (χ4n) is 2.07. The highest BCUT2D eigenvalue weighted by molar-refractivity contribution is 7.89. The van der Waals surface area contributed by atoms with Crippen LogP contribution in [0.25, 0.3) is 0 Å². The molecule has 0 aliphatic rings. The SMILES string of the molecule is CC(=O)c1sc(NC(=S)NC(=O)c2ccc(S(=O)(=O)N(C)C)cc2)nc1C. The monoisotopic (exact) mass is 426 g/mol. The first-order chi connectivity index (χ1) is 12.5. The first-order valence-electron chi connectivity index (χ1n) is 7.65. The van der Waals surface area contributed by atoms with Crippen molar-refractivity contribution < 1.29 is 18.0 Å². The lowest BCUT2D eigenvalue weighted by Crippen LogP contribution is -2.34. The number of ketones is 1. The number of aryl methyl sites for hydroxylation is 1. The molecule has 8 nitrogen and oxygen atoms in total. The maximum absolute atomic E-state index is 12.3. The summed E-state index contributed by atoms with van der Waals surface area (Å²) >= 11 is 6.23. The minimum Gasteiger partial charge on any atom is -0.308 e. The van der Waals surface area contributed by atoms with Crippen molar-refractivity contribution in [1.82, 2.24) is 14.6 Å². The van der Waals surface area contributed by atoms with Crippen LogP contribution < -0.4 is 10.6 Å². The zero-order valence-electron chi connectivity index (χ0n) is 15.1. The number of carbonyl (C=O) groups is 2. The maximum atomic E-state index is 12.3. The number of Topliss-reactive ketones (excluding diaryl/α,β-unsaturated/α-hetero) is 1. The quantitative estimate of drug-likeness (QED) is 0.556. The Kier molecular flexibility index (Phi) is 6.42. The Balaban J connectivity index is 2.05. The third kappa shape index (κ3) is 4.95. The number of amides is 1. The third-order valence-corrected chi connectivity index (χ3v) is 6.67. The molecule has 0 fully saturated rings. The van der Waals surface area contributed by atoms with Gasteiger partial charge in [-0.1, -0.05) is 11.3 Å². The fourth-order valence-corrected chi connectivity index (χ4v) is 4.09. The van der Waals surface area contributed by atoms with Crippen LogP contribution in [-0.4, -0.2) is 48.6 Å². The van der Waals surface area contributed by atoms with Gasteiger partial charge in [-0.05, 0) is 43.4 Å². The molecule has 2 rings (SSSR count). The van der Waals surface area contributed by atoms with E-state index in [2.05, 4.69) is 15.6 Å². The van der Waals surface area contributed by atoms with Crippen LogP contribution >= 0.6 is 23.6 Å². The molecule has 27 heavy (non-hydrogen) atoms. The van der Waals surface area contributed by atoms with E-state index in [4.69, 9.17) is 12.2 Å². The molecule has 0 aliphatic heterocycles. The van der Waals surface area contributed by atoms with Crippen LogP contribution in [0.3, 0.4) is 0 Å². The maximum Gasteiger partial charge on any atom is 0.257 e. The lowest BCUT2D eigenvalue weighted by Gasteiger charge is -2.12. The molecule has 11 heteroatoms. The number of aromatic nitrogens is 1. The molecule has 0 saturated carbocycles. The van der Waals surface area contributed by atoms with E-state index in [1.165, 1.54) is 45.3 Å². The molecule has 0 spiro atoms. The van der Waals surface area contributed by atoms with E-state index in [1.807, 2.05) is 0 Å². The summed E-state index contributed by atoms with van der Waals surface area (Å²) in [5.74, 6) is -0.595. The summed E-state index contributed by atoms with van der Waals surface area (Å²) in [6, 6.07) is 5.50. The first kappa shape index (κ1) is 21.1. The van der Waals surface area contributed by atoms with Crippen molar-refractivity contribution in [2.75, 3.05) is 19.4 Å². The van der Waals surface area contributed by atoms with E-state index >= 15 is 0 Å². The number of nitrogens with zero attached hydrogens (tertiary/aromatic N) is 2. The van der Waals surface area contributed by atoms with E-state index in [1.54, 1.807) is 6.92 Å². The average Bonchev–Trinajstić information content (AvgIpc) is 2.95. The molecule has 2 aromatic rings. The molecule has 2 N–H and O–H groups in total. The van der Waals surface area contributed by atoms with Crippen LogP contribution in [0.15, 0.2) is 29.2 Å². The number of hydrogen-bond donors (Lipinski definition) is 2. The molecule has 0 saturated heterocycles. The van der Waals surface area contributed by atoms with Crippen LogP contribution in [0.5, 0.6) is 0 Å². The van der Waals surface area contributed by atoms with Crippen molar-refractivity contribution in [2.24, 2.45) is 0 Å². The van der Waals surface area contributed by atoms with E-state index in [0.717, 1.165) is 15.6 Å². The van der Waals surface area contributed by atoms with E-state index in [-0.39, 0.29) is 21.4 Å². The van der Waals surface area contributed by atoms with Crippen molar-refractivity contribution in [3.63, 3.8) is 0 Å². The van der Waals surface area contributed by atoms with Gasteiger partial charge >= 0.3 is 0 Å². The molecule has 1 aromatic heterocycles. The van der Waals surface area contributed by atoms with Gasteiger partial charge < -0.3 is 5.32 Å². The normalized spacial score (nSPS) is 11.3. The van der Waals surface area contributed by atoms with Crippen LogP contribution in [0.4, 0.5) is 5.13 Å². The minimum absolute atomic E-state index is 0.0221.